The third kappa shape index (κ3) is 3.35. The van der Waals surface area contributed by atoms with Gasteiger partial charge in [0.2, 0.25) is 0 Å². The number of aromatic nitrogens is 1. The second-order valence-electron chi connectivity index (χ2n) is 3.46. The first-order valence-electron chi connectivity index (χ1n) is 5.20. The zero-order chi connectivity index (χ0) is 14.3. The Labute approximate surface area is 109 Å². The van der Waals surface area contributed by atoms with Crippen LogP contribution in [0.1, 0.15) is 10.4 Å². The molecule has 0 amide bonds. The standard InChI is InChI=1S/C9H7NO.C4H4N4/c11-6-7-5-10-9-4-2-1-3-8(7)9;5-1-3(7)4(8)2-6/h1-6,10H;7-8H2/b;4-3-. The molecule has 6 nitrogen and oxygen atoms in total. The maximum absolute atomic E-state index is 10.5. The summed E-state index contributed by atoms with van der Waals surface area (Å²) < 4.78 is 0. The van der Waals surface area contributed by atoms with E-state index in [4.69, 9.17) is 22.0 Å². The Hall–Kier alpha value is -3.25. The Kier molecular flexibility index (Phi) is 4.71. The molecule has 0 fully saturated rings. The molecule has 0 bridgehead atoms. The van der Waals surface area contributed by atoms with Gasteiger partial charge in [0.15, 0.2) is 6.29 Å². The summed E-state index contributed by atoms with van der Waals surface area (Å²) in [4.78, 5) is 13.5. The third-order valence-electron chi connectivity index (χ3n) is 2.28. The quantitative estimate of drug-likeness (QED) is 0.517. The van der Waals surface area contributed by atoms with E-state index < -0.39 is 0 Å². The summed E-state index contributed by atoms with van der Waals surface area (Å²) in [5.74, 6) is 0. The number of para-hydroxylation sites is 1. The number of aldehydes is 1. The van der Waals surface area contributed by atoms with Gasteiger partial charge in [-0.15, -0.1) is 0 Å². The van der Waals surface area contributed by atoms with Gasteiger partial charge in [0.05, 0.1) is 0 Å². The van der Waals surface area contributed by atoms with Crippen LogP contribution < -0.4 is 11.5 Å². The van der Waals surface area contributed by atoms with E-state index in [0.29, 0.717) is 0 Å². The van der Waals surface area contributed by atoms with Gasteiger partial charge in [0, 0.05) is 22.7 Å². The van der Waals surface area contributed by atoms with Crippen LogP contribution in [0, 0.1) is 22.7 Å². The van der Waals surface area contributed by atoms with Crippen LogP contribution in [0.4, 0.5) is 0 Å². The Morgan fingerprint density at radius 3 is 2.26 bits per heavy atom. The lowest BCUT2D eigenvalue weighted by molar-refractivity contribution is 0.112. The minimum Gasteiger partial charge on any atom is -0.388 e. The molecular formula is C13H11N5O. The zero-order valence-corrected chi connectivity index (χ0v) is 9.92. The highest BCUT2D eigenvalue weighted by Gasteiger charge is 1.98. The smallest absolute Gasteiger partial charge is 0.152 e. The molecule has 0 aliphatic heterocycles. The van der Waals surface area contributed by atoms with Gasteiger partial charge in [-0.1, -0.05) is 18.2 Å². The Morgan fingerprint density at radius 2 is 1.74 bits per heavy atom. The molecule has 0 atom stereocenters. The topological polar surface area (TPSA) is 132 Å². The van der Waals surface area contributed by atoms with Crippen LogP contribution in [0.3, 0.4) is 0 Å². The number of benzene rings is 1. The molecule has 5 N–H and O–H groups in total. The average molecular weight is 253 g/mol. The maximum Gasteiger partial charge on any atom is 0.152 e. The normalized spacial score (nSPS) is 10.4. The van der Waals surface area contributed by atoms with E-state index >= 15 is 0 Å². The minimum absolute atomic E-state index is 0.229. The fourth-order valence-corrected chi connectivity index (χ4v) is 1.31. The molecule has 1 aromatic heterocycles. The number of nitrogens with two attached hydrogens (primary N) is 2. The molecule has 6 heteroatoms. The largest absolute Gasteiger partial charge is 0.388 e. The molecule has 0 spiro atoms. The van der Waals surface area contributed by atoms with Gasteiger partial charge in [-0.2, -0.15) is 10.5 Å². The zero-order valence-electron chi connectivity index (χ0n) is 9.92. The van der Waals surface area contributed by atoms with Gasteiger partial charge in [0.25, 0.3) is 0 Å². The molecule has 2 rings (SSSR count). The van der Waals surface area contributed by atoms with E-state index in [1.165, 1.54) is 12.1 Å². The lowest BCUT2D eigenvalue weighted by Gasteiger charge is -1.86. The van der Waals surface area contributed by atoms with E-state index in [2.05, 4.69) is 4.98 Å². The molecule has 0 unspecified atom stereocenters. The monoisotopic (exact) mass is 253 g/mol. The third-order valence-corrected chi connectivity index (χ3v) is 2.28. The van der Waals surface area contributed by atoms with Gasteiger partial charge in [0.1, 0.15) is 23.5 Å². The van der Waals surface area contributed by atoms with Gasteiger partial charge in [-0.3, -0.25) is 4.79 Å². The molecular weight excluding hydrogens is 242 g/mol. The SMILES string of the molecule is N#C/C(N)=C(/N)C#N.O=Cc1c[nH]c2ccccc12. The number of hydrogen-bond donors (Lipinski definition) is 3. The van der Waals surface area contributed by atoms with Gasteiger partial charge < -0.3 is 16.5 Å². The lowest BCUT2D eigenvalue weighted by atomic mass is 10.2. The summed E-state index contributed by atoms with van der Waals surface area (Å²) in [6.45, 7) is 0. The van der Waals surface area contributed by atoms with E-state index in [9.17, 15) is 4.79 Å². The summed E-state index contributed by atoms with van der Waals surface area (Å²) >= 11 is 0. The maximum atomic E-state index is 10.5. The number of carbonyl (C=O) groups excluding carboxylic acids is 1. The summed E-state index contributed by atoms with van der Waals surface area (Å²) in [5, 5.41) is 16.9. The van der Waals surface area contributed by atoms with Crippen molar-refractivity contribution in [2.45, 2.75) is 0 Å². The average Bonchev–Trinajstić information content (AvgIpc) is 2.89. The molecule has 2 aromatic rings. The van der Waals surface area contributed by atoms with Crippen molar-refractivity contribution < 1.29 is 4.79 Å². The van der Waals surface area contributed by atoms with Gasteiger partial charge in [-0.25, -0.2) is 0 Å². The summed E-state index contributed by atoms with van der Waals surface area (Å²) in [6, 6.07) is 10.8. The van der Waals surface area contributed by atoms with Crippen molar-refractivity contribution in [2.24, 2.45) is 11.5 Å². The number of aromatic amines is 1. The molecule has 1 heterocycles. The molecule has 0 aliphatic rings. The molecule has 1 aromatic carbocycles. The minimum atomic E-state index is -0.229. The summed E-state index contributed by atoms with van der Waals surface area (Å²) in [7, 11) is 0. The molecule has 19 heavy (non-hydrogen) atoms. The molecule has 94 valence electrons. The van der Waals surface area contributed by atoms with Crippen LogP contribution >= 0.6 is 0 Å². The number of fused-ring (bicyclic) bond motifs is 1. The van der Waals surface area contributed by atoms with Crippen LogP contribution in [0.15, 0.2) is 41.9 Å². The van der Waals surface area contributed by atoms with Crippen molar-refractivity contribution in [3.8, 4) is 12.1 Å². The number of nitrogens with one attached hydrogen (secondary N) is 1. The van der Waals surface area contributed by atoms with Crippen LogP contribution in [0.2, 0.25) is 0 Å². The van der Waals surface area contributed by atoms with Crippen molar-refractivity contribution >= 4 is 17.2 Å². The fraction of sp³-hybridized carbons (Fsp3) is 0. The van der Waals surface area contributed by atoms with Crippen molar-refractivity contribution in [1.82, 2.24) is 4.98 Å². The highest BCUT2D eigenvalue weighted by molar-refractivity contribution is 5.96. The van der Waals surface area contributed by atoms with E-state index in [-0.39, 0.29) is 11.4 Å². The van der Waals surface area contributed by atoms with E-state index in [1.807, 2.05) is 24.3 Å². The van der Waals surface area contributed by atoms with E-state index in [0.717, 1.165) is 22.8 Å². The van der Waals surface area contributed by atoms with Crippen LogP contribution in [-0.2, 0) is 0 Å². The van der Waals surface area contributed by atoms with Crippen molar-refractivity contribution in [2.75, 3.05) is 0 Å². The Morgan fingerprint density at radius 1 is 1.16 bits per heavy atom. The second kappa shape index (κ2) is 6.48. The Bertz CT molecular complexity index is 678. The number of nitrogens with zero attached hydrogens (tertiary/aromatic N) is 2. The van der Waals surface area contributed by atoms with Gasteiger partial charge in [-0.05, 0) is 6.07 Å². The summed E-state index contributed by atoms with van der Waals surface area (Å²) in [5.41, 5.74) is 11.1. The number of carbonyl (C=O) groups is 1. The molecule has 0 aliphatic carbocycles. The first-order chi connectivity index (χ1) is 9.13. The predicted octanol–water partition coefficient (Wildman–Crippen LogP) is 1.14. The molecule has 0 radical (unpaired) electrons. The molecule has 0 saturated heterocycles. The highest BCUT2D eigenvalue weighted by Crippen LogP contribution is 2.14. The predicted molar refractivity (Wildman–Crippen MR) is 70.3 cm³/mol. The van der Waals surface area contributed by atoms with Crippen molar-refractivity contribution in [1.29, 1.82) is 10.5 Å². The van der Waals surface area contributed by atoms with Crippen molar-refractivity contribution in [3.63, 3.8) is 0 Å². The number of H-pyrrole nitrogens is 1. The second-order valence-corrected chi connectivity index (χ2v) is 3.46. The number of allylic oxidation sites excluding steroid dienone is 2. The summed E-state index contributed by atoms with van der Waals surface area (Å²) in [6.07, 6.45) is 2.58. The first-order valence-corrected chi connectivity index (χ1v) is 5.20. The number of nitriles is 2. The molecule has 0 saturated carbocycles. The lowest BCUT2D eigenvalue weighted by Crippen LogP contribution is -2.05. The fourth-order valence-electron chi connectivity index (χ4n) is 1.31. The Balaban J connectivity index is 0.000000203. The van der Waals surface area contributed by atoms with Crippen LogP contribution in [-0.4, -0.2) is 11.3 Å². The van der Waals surface area contributed by atoms with E-state index in [1.54, 1.807) is 6.20 Å². The highest BCUT2D eigenvalue weighted by atomic mass is 16.1. The van der Waals surface area contributed by atoms with Crippen LogP contribution in [0.25, 0.3) is 10.9 Å². The van der Waals surface area contributed by atoms with Crippen LogP contribution in [0.5, 0.6) is 0 Å². The van der Waals surface area contributed by atoms with Gasteiger partial charge >= 0.3 is 0 Å². The number of rotatable bonds is 1. The number of hydrogen-bond acceptors (Lipinski definition) is 5. The first kappa shape index (κ1) is 13.8. The van der Waals surface area contributed by atoms with Crippen molar-refractivity contribution in [3.05, 3.63) is 47.4 Å².